The van der Waals surface area contributed by atoms with Crippen LogP contribution in [0.4, 0.5) is 0 Å². The minimum atomic E-state index is 0.109. The number of fused-ring (bicyclic) bond motifs is 1. The van der Waals surface area contributed by atoms with Crippen LogP contribution in [-0.2, 0) is 12.0 Å². The van der Waals surface area contributed by atoms with Crippen LogP contribution in [0.25, 0.3) is 11.1 Å². The molecule has 0 aliphatic carbocycles. The van der Waals surface area contributed by atoms with Gasteiger partial charge in [-0.3, -0.25) is 0 Å². The minimum absolute atomic E-state index is 0.109. The summed E-state index contributed by atoms with van der Waals surface area (Å²) in [6.45, 7) is 6.15. The summed E-state index contributed by atoms with van der Waals surface area (Å²) in [4.78, 5) is 0. The van der Waals surface area contributed by atoms with Gasteiger partial charge in [-0.1, -0.05) is 44.2 Å². The highest BCUT2D eigenvalue weighted by Crippen LogP contribution is 2.40. The molecule has 20 heavy (non-hydrogen) atoms. The summed E-state index contributed by atoms with van der Waals surface area (Å²) in [5, 5.41) is 3.17. The molecule has 2 aromatic carbocycles. The molecule has 0 fully saturated rings. The lowest BCUT2D eigenvalue weighted by Crippen LogP contribution is -2.18. The molecule has 0 radical (unpaired) electrons. The smallest absolute Gasteiger partial charge is 0.123 e. The van der Waals surface area contributed by atoms with E-state index < -0.39 is 0 Å². The van der Waals surface area contributed by atoms with Crippen LogP contribution in [0.5, 0.6) is 5.75 Å². The second-order valence-electron chi connectivity index (χ2n) is 6.11. The molecular formula is C18H21NO. The normalized spacial score (nSPS) is 15.8. The van der Waals surface area contributed by atoms with Crippen molar-refractivity contribution in [1.29, 1.82) is 0 Å². The predicted molar refractivity (Wildman–Crippen MR) is 83.2 cm³/mol. The van der Waals surface area contributed by atoms with Crippen LogP contribution < -0.4 is 10.1 Å². The fourth-order valence-corrected chi connectivity index (χ4v) is 2.72. The highest BCUT2D eigenvalue weighted by Gasteiger charge is 2.31. The molecule has 0 bridgehead atoms. The maximum absolute atomic E-state index is 5.75. The first kappa shape index (κ1) is 13.2. The van der Waals surface area contributed by atoms with Gasteiger partial charge in [-0.25, -0.2) is 0 Å². The molecule has 104 valence electrons. The summed E-state index contributed by atoms with van der Waals surface area (Å²) in [5.41, 5.74) is 5.25. The van der Waals surface area contributed by atoms with Crippen LogP contribution in [0.15, 0.2) is 42.5 Å². The number of hydrogen-bond donors (Lipinski definition) is 1. The first-order valence-corrected chi connectivity index (χ1v) is 7.11. The summed E-state index contributed by atoms with van der Waals surface area (Å²) >= 11 is 0. The largest absolute Gasteiger partial charge is 0.492 e. The molecule has 1 aliphatic heterocycles. The van der Waals surface area contributed by atoms with Crippen LogP contribution in [0, 0.1) is 0 Å². The van der Waals surface area contributed by atoms with Gasteiger partial charge in [-0.05, 0) is 35.9 Å². The monoisotopic (exact) mass is 267 g/mol. The van der Waals surface area contributed by atoms with E-state index in [1.54, 1.807) is 0 Å². The van der Waals surface area contributed by atoms with Crippen LogP contribution >= 0.6 is 0 Å². The van der Waals surface area contributed by atoms with Crippen LogP contribution in [-0.4, -0.2) is 13.7 Å². The summed E-state index contributed by atoms with van der Waals surface area (Å²) in [5.74, 6) is 1.03. The molecule has 0 saturated heterocycles. The van der Waals surface area contributed by atoms with Gasteiger partial charge in [0.05, 0.1) is 6.61 Å². The van der Waals surface area contributed by atoms with Crippen molar-refractivity contribution in [3.63, 3.8) is 0 Å². The van der Waals surface area contributed by atoms with Gasteiger partial charge in [0.25, 0.3) is 0 Å². The Hall–Kier alpha value is -1.80. The van der Waals surface area contributed by atoms with Crippen molar-refractivity contribution in [3.05, 3.63) is 53.6 Å². The molecule has 0 atom stereocenters. The molecule has 2 nitrogen and oxygen atoms in total. The Morgan fingerprint density at radius 2 is 1.75 bits per heavy atom. The lowest BCUT2D eigenvalue weighted by atomic mass is 9.85. The SMILES string of the molecule is CNCc1ccc(-c2ccc3c(c2)C(C)(C)CO3)cc1. The van der Waals surface area contributed by atoms with E-state index in [2.05, 4.69) is 61.6 Å². The van der Waals surface area contributed by atoms with Gasteiger partial charge in [-0.2, -0.15) is 0 Å². The third-order valence-corrected chi connectivity index (χ3v) is 3.97. The Labute approximate surface area is 120 Å². The van der Waals surface area contributed by atoms with Crippen molar-refractivity contribution < 1.29 is 4.74 Å². The molecule has 1 N–H and O–H groups in total. The Kier molecular flexibility index (Phi) is 3.27. The van der Waals surface area contributed by atoms with E-state index in [9.17, 15) is 0 Å². The first-order chi connectivity index (χ1) is 9.60. The van der Waals surface area contributed by atoms with E-state index in [0.717, 1.165) is 18.9 Å². The fraction of sp³-hybridized carbons (Fsp3) is 0.333. The number of benzene rings is 2. The van der Waals surface area contributed by atoms with E-state index in [4.69, 9.17) is 4.74 Å². The van der Waals surface area contributed by atoms with Gasteiger partial charge in [0.15, 0.2) is 0 Å². The Balaban J connectivity index is 1.95. The average Bonchev–Trinajstić information content (AvgIpc) is 2.76. The minimum Gasteiger partial charge on any atom is -0.492 e. The molecule has 1 aliphatic rings. The predicted octanol–water partition coefficient (Wildman–Crippen LogP) is 3.74. The van der Waals surface area contributed by atoms with Crippen LogP contribution in [0.3, 0.4) is 0 Å². The molecule has 1 heterocycles. The third-order valence-electron chi connectivity index (χ3n) is 3.97. The van der Waals surface area contributed by atoms with Crippen molar-refractivity contribution >= 4 is 0 Å². The quantitative estimate of drug-likeness (QED) is 0.914. The van der Waals surface area contributed by atoms with Crippen molar-refractivity contribution in [2.24, 2.45) is 0 Å². The van der Waals surface area contributed by atoms with Gasteiger partial charge in [0, 0.05) is 17.5 Å². The molecule has 2 aromatic rings. The number of nitrogens with one attached hydrogen (secondary N) is 1. The maximum atomic E-state index is 5.75. The molecule has 2 heteroatoms. The summed E-state index contributed by atoms with van der Waals surface area (Å²) < 4.78 is 5.75. The Bertz CT molecular complexity index is 614. The Morgan fingerprint density at radius 1 is 1.05 bits per heavy atom. The Morgan fingerprint density at radius 3 is 2.45 bits per heavy atom. The molecule has 0 saturated carbocycles. The topological polar surface area (TPSA) is 21.3 Å². The second-order valence-corrected chi connectivity index (χ2v) is 6.11. The van der Waals surface area contributed by atoms with E-state index in [-0.39, 0.29) is 5.41 Å². The summed E-state index contributed by atoms with van der Waals surface area (Å²) in [7, 11) is 1.97. The molecule has 0 spiro atoms. The highest BCUT2D eigenvalue weighted by molar-refractivity contribution is 5.67. The molecule has 0 unspecified atom stereocenters. The van der Waals surface area contributed by atoms with Crippen LogP contribution in [0.1, 0.15) is 25.0 Å². The summed E-state index contributed by atoms with van der Waals surface area (Å²) in [6, 6.07) is 15.3. The maximum Gasteiger partial charge on any atom is 0.123 e. The van der Waals surface area contributed by atoms with Crippen molar-refractivity contribution in [2.45, 2.75) is 25.8 Å². The zero-order valence-corrected chi connectivity index (χ0v) is 12.4. The molecule has 0 amide bonds. The lowest BCUT2D eigenvalue weighted by molar-refractivity contribution is 0.291. The summed E-state index contributed by atoms with van der Waals surface area (Å²) in [6.07, 6.45) is 0. The van der Waals surface area contributed by atoms with Gasteiger partial charge < -0.3 is 10.1 Å². The van der Waals surface area contributed by atoms with Crippen molar-refractivity contribution in [2.75, 3.05) is 13.7 Å². The fourth-order valence-electron chi connectivity index (χ4n) is 2.72. The van der Waals surface area contributed by atoms with Crippen molar-refractivity contribution in [3.8, 4) is 16.9 Å². The molecular weight excluding hydrogens is 246 g/mol. The van der Waals surface area contributed by atoms with Crippen molar-refractivity contribution in [1.82, 2.24) is 5.32 Å². The van der Waals surface area contributed by atoms with E-state index >= 15 is 0 Å². The second kappa shape index (κ2) is 4.95. The van der Waals surface area contributed by atoms with E-state index in [1.165, 1.54) is 22.3 Å². The van der Waals surface area contributed by atoms with E-state index in [1.807, 2.05) is 7.05 Å². The lowest BCUT2D eigenvalue weighted by Gasteiger charge is -2.16. The number of ether oxygens (including phenoxy) is 1. The highest BCUT2D eigenvalue weighted by atomic mass is 16.5. The standard InChI is InChI=1S/C18H21NO/c1-18(2)12-20-17-9-8-15(10-16(17)18)14-6-4-13(5-7-14)11-19-3/h4-10,19H,11-12H2,1-3H3. The van der Waals surface area contributed by atoms with Gasteiger partial charge in [0.1, 0.15) is 5.75 Å². The molecule has 0 aromatic heterocycles. The third kappa shape index (κ3) is 2.32. The number of rotatable bonds is 3. The van der Waals surface area contributed by atoms with Gasteiger partial charge >= 0.3 is 0 Å². The first-order valence-electron chi connectivity index (χ1n) is 7.11. The number of hydrogen-bond acceptors (Lipinski definition) is 2. The zero-order chi connectivity index (χ0) is 14.2. The average molecular weight is 267 g/mol. The molecule has 3 rings (SSSR count). The van der Waals surface area contributed by atoms with Gasteiger partial charge in [0.2, 0.25) is 0 Å². The zero-order valence-electron chi connectivity index (χ0n) is 12.4. The van der Waals surface area contributed by atoms with Crippen LogP contribution in [0.2, 0.25) is 0 Å². The van der Waals surface area contributed by atoms with Gasteiger partial charge in [-0.15, -0.1) is 0 Å². The van der Waals surface area contributed by atoms with E-state index in [0.29, 0.717) is 0 Å².